The van der Waals surface area contributed by atoms with Gasteiger partial charge >= 0.3 is 183 Å². The van der Waals surface area contributed by atoms with Gasteiger partial charge in [-0.2, -0.15) is 0 Å². The van der Waals surface area contributed by atoms with Crippen molar-refractivity contribution in [2.45, 2.75) is 34.6 Å². The number of benzene rings is 3. The molecule has 3 aromatic carbocycles. The van der Waals surface area contributed by atoms with Crippen molar-refractivity contribution in [3.63, 3.8) is 0 Å². The van der Waals surface area contributed by atoms with Gasteiger partial charge in [0.1, 0.15) is 0 Å². The van der Waals surface area contributed by atoms with Crippen LogP contribution >= 0.6 is 31.9 Å². The zero-order valence-corrected chi connectivity index (χ0v) is 21.5. The van der Waals surface area contributed by atoms with Crippen LogP contribution < -0.4 is 10.5 Å². The molecule has 3 heteroatoms. The Kier molecular flexibility index (Phi) is 6.37. The molecular weight excluding hydrogens is 558 g/mol. The van der Waals surface area contributed by atoms with E-state index in [1.54, 1.807) is 0 Å². The molecule has 134 valence electrons. The Morgan fingerprint density at radius 1 is 0.577 bits per heavy atom. The van der Waals surface area contributed by atoms with Crippen LogP contribution in [0.25, 0.3) is 0 Å². The topological polar surface area (TPSA) is 0 Å². The fraction of sp³-hybridized carbons (Fsp3) is 0.217. The zero-order chi connectivity index (χ0) is 19.0. The normalized spacial score (nSPS) is 11.2. The molecule has 0 N–H and O–H groups in total. The third-order valence-corrected chi connectivity index (χ3v) is 15.2. The van der Waals surface area contributed by atoms with Gasteiger partial charge in [-0.15, -0.1) is 0 Å². The van der Waals surface area contributed by atoms with E-state index in [0.717, 1.165) is 0 Å². The summed E-state index contributed by atoms with van der Waals surface area (Å²) in [5.41, 5.74) is 6.72. The van der Waals surface area contributed by atoms with E-state index in [2.05, 4.69) is 115 Å². The molecule has 0 aliphatic carbocycles. The first-order valence-corrected chi connectivity index (χ1v) is 14.1. The van der Waals surface area contributed by atoms with Crippen LogP contribution in [0.15, 0.2) is 57.5 Å². The first-order chi connectivity index (χ1) is 12.3. The van der Waals surface area contributed by atoms with E-state index in [9.17, 15) is 0 Å². The van der Waals surface area contributed by atoms with Crippen molar-refractivity contribution in [3.8, 4) is 0 Å². The van der Waals surface area contributed by atoms with Gasteiger partial charge < -0.3 is 0 Å². The summed E-state index contributed by atoms with van der Waals surface area (Å²) in [6.45, 7) is 11.0. The van der Waals surface area contributed by atoms with Gasteiger partial charge in [-0.1, -0.05) is 0 Å². The van der Waals surface area contributed by atoms with E-state index in [-0.39, 0.29) is 0 Å². The van der Waals surface area contributed by atoms with Crippen LogP contribution in [0.3, 0.4) is 0 Å². The summed E-state index contributed by atoms with van der Waals surface area (Å²) >= 11 is 5.59. The molecule has 0 aromatic heterocycles. The van der Waals surface area contributed by atoms with E-state index in [1.165, 1.54) is 47.3 Å². The van der Waals surface area contributed by atoms with Crippen LogP contribution in [-0.4, -0.2) is 20.2 Å². The van der Waals surface area contributed by atoms with E-state index < -0.39 is 20.2 Å². The molecule has 3 rings (SSSR count). The molecular formula is C23H23Br2Sb. The maximum absolute atomic E-state index is 3.88. The van der Waals surface area contributed by atoms with Gasteiger partial charge in [-0.05, 0) is 0 Å². The molecule has 3 aromatic rings. The first-order valence-electron chi connectivity index (χ1n) is 8.68. The Balaban J connectivity index is 2.29. The molecule has 0 unspecified atom stereocenters. The Bertz CT molecular complexity index is 901. The number of aryl methyl sites for hydroxylation is 5. The van der Waals surface area contributed by atoms with Crippen LogP contribution in [0.4, 0.5) is 0 Å². The molecule has 0 saturated heterocycles. The Labute approximate surface area is 181 Å². The third-order valence-electron chi connectivity index (χ3n) is 4.90. The molecule has 0 spiro atoms. The summed E-state index contributed by atoms with van der Waals surface area (Å²) in [7, 11) is 0. The predicted molar refractivity (Wildman–Crippen MR) is 123 cm³/mol. The Morgan fingerprint density at radius 2 is 0.962 bits per heavy atom. The second-order valence-corrected chi connectivity index (χ2v) is 14.8. The van der Waals surface area contributed by atoms with Crippen molar-refractivity contribution < 1.29 is 0 Å². The number of hydrogen-bond donors (Lipinski definition) is 0. The monoisotopic (exact) mass is 578 g/mol. The molecule has 0 bridgehead atoms. The van der Waals surface area contributed by atoms with Crippen LogP contribution in [-0.2, 0) is 0 Å². The van der Waals surface area contributed by atoms with Crippen molar-refractivity contribution in [2.24, 2.45) is 0 Å². The quantitative estimate of drug-likeness (QED) is 0.371. The zero-order valence-electron chi connectivity index (χ0n) is 15.8. The van der Waals surface area contributed by atoms with E-state index >= 15 is 0 Å². The molecule has 0 atom stereocenters. The van der Waals surface area contributed by atoms with Gasteiger partial charge in [0.05, 0.1) is 0 Å². The van der Waals surface area contributed by atoms with E-state index in [0.29, 0.717) is 0 Å². The summed E-state index contributed by atoms with van der Waals surface area (Å²) in [5.74, 6) is 0. The molecule has 0 fully saturated rings. The van der Waals surface area contributed by atoms with E-state index in [1.807, 2.05) is 0 Å². The molecule has 26 heavy (non-hydrogen) atoms. The summed E-state index contributed by atoms with van der Waals surface area (Å²) in [6.07, 6.45) is 0. The summed E-state index contributed by atoms with van der Waals surface area (Å²) in [6, 6.07) is 18.5. The molecule has 0 radical (unpaired) electrons. The maximum atomic E-state index is 3.88. The molecule has 0 saturated carbocycles. The summed E-state index contributed by atoms with van der Waals surface area (Å²) in [4.78, 5) is 0. The number of rotatable bonds is 3. The first kappa shape index (κ1) is 20.2. The summed E-state index contributed by atoms with van der Waals surface area (Å²) in [5, 5.41) is 0. The van der Waals surface area contributed by atoms with Crippen molar-refractivity contribution in [1.29, 1.82) is 0 Å². The minimum atomic E-state index is -2.17. The van der Waals surface area contributed by atoms with Gasteiger partial charge in [0, 0.05) is 0 Å². The second-order valence-electron chi connectivity index (χ2n) is 6.95. The standard InChI is InChI=1S/2C8H8Br.C7H7.Sb/c2*1-6-3-4-8(9)5-7(6)2;1-7-5-3-2-4-6-7;/h2*3,5H,1-2H3;3-6H,1H3;. The third kappa shape index (κ3) is 4.13. The van der Waals surface area contributed by atoms with Crippen molar-refractivity contribution in [3.05, 3.63) is 85.3 Å². The average Bonchev–Trinajstić information content (AvgIpc) is 2.58. The molecule has 0 heterocycles. The van der Waals surface area contributed by atoms with Crippen LogP contribution in [0.2, 0.25) is 0 Å². The van der Waals surface area contributed by atoms with Crippen LogP contribution in [0.1, 0.15) is 27.8 Å². The van der Waals surface area contributed by atoms with Crippen LogP contribution in [0.5, 0.6) is 0 Å². The Morgan fingerprint density at radius 3 is 1.38 bits per heavy atom. The average molecular weight is 581 g/mol. The molecule has 0 amide bonds. The Hall–Kier alpha value is -0.562. The fourth-order valence-electron chi connectivity index (χ4n) is 2.98. The SMILES string of the molecule is Cc1cc[c]([Sb]([c]2cc(C)c(C)cc2Br)[c]2cc(C)c(C)cc2Br)cc1. The van der Waals surface area contributed by atoms with Crippen LogP contribution in [0, 0.1) is 34.6 Å². The van der Waals surface area contributed by atoms with Gasteiger partial charge in [-0.25, -0.2) is 0 Å². The summed E-state index contributed by atoms with van der Waals surface area (Å²) < 4.78 is 6.96. The minimum absolute atomic E-state index is 1.24. The molecule has 0 nitrogen and oxygen atoms in total. The van der Waals surface area contributed by atoms with Gasteiger partial charge in [0.25, 0.3) is 0 Å². The van der Waals surface area contributed by atoms with Gasteiger partial charge in [-0.3, -0.25) is 0 Å². The molecule has 0 aliphatic rings. The van der Waals surface area contributed by atoms with Gasteiger partial charge in [0.15, 0.2) is 0 Å². The molecule has 0 aliphatic heterocycles. The predicted octanol–water partition coefficient (Wildman–Crippen LogP) is 5.27. The van der Waals surface area contributed by atoms with Crippen molar-refractivity contribution in [2.75, 3.05) is 0 Å². The van der Waals surface area contributed by atoms with Crippen molar-refractivity contribution in [1.82, 2.24) is 0 Å². The van der Waals surface area contributed by atoms with Gasteiger partial charge in [0.2, 0.25) is 0 Å². The van der Waals surface area contributed by atoms with Crippen molar-refractivity contribution >= 4 is 62.6 Å². The van der Waals surface area contributed by atoms with E-state index in [4.69, 9.17) is 0 Å². The number of halogens is 2. The fourth-order valence-corrected chi connectivity index (χ4v) is 13.3. The second kappa shape index (κ2) is 8.21. The number of hydrogen-bond acceptors (Lipinski definition) is 0.